The van der Waals surface area contributed by atoms with Crippen molar-refractivity contribution >= 4 is 33.9 Å². The van der Waals surface area contributed by atoms with E-state index >= 15 is 0 Å². The monoisotopic (exact) mass is 493 g/mol. The number of carbonyl (C=O) groups is 2. The molecule has 182 valence electrons. The first-order chi connectivity index (χ1) is 16.6. The Morgan fingerprint density at radius 3 is 2.26 bits per heavy atom. The summed E-state index contributed by atoms with van der Waals surface area (Å²) in [5, 5.41) is 29.2. The summed E-state index contributed by atoms with van der Waals surface area (Å²) in [5.74, 6) is -1.34. The molecule has 1 fully saturated rings. The highest BCUT2D eigenvalue weighted by Crippen LogP contribution is 2.43. The fourth-order valence-electron chi connectivity index (χ4n) is 3.92. The first-order valence-corrected chi connectivity index (χ1v) is 12.0. The summed E-state index contributed by atoms with van der Waals surface area (Å²) < 4.78 is 5.37. The van der Waals surface area contributed by atoms with Crippen LogP contribution in [0.15, 0.2) is 54.1 Å². The Morgan fingerprint density at radius 2 is 1.71 bits per heavy atom. The number of hydrogen-bond acceptors (Lipinski definition) is 8. The van der Waals surface area contributed by atoms with Crippen LogP contribution < -0.4 is 9.64 Å². The van der Waals surface area contributed by atoms with Gasteiger partial charge in [0, 0.05) is 5.56 Å². The molecule has 1 saturated heterocycles. The van der Waals surface area contributed by atoms with Crippen molar-refractivity contribution < 1.29 is 24.5 Å². The van der Waals surface area contributed by atoms with Crippen LogP contribution in [0.4, 0.5) is 5.13 Å². The minimum Gasteiger partial charge on any atom is -0.507 e. The number of carbonyl (C=O) groups excluding carboxylic acids is 2. The van der Waals surface area contributed by atoms with Crippen molar-refractivity contribution in [2.45, 2.75) is 39.2 Å². The van der Waals surface area contributed by atoms with E-state index in [1.165, 1.54) is 16.2 Å². The Kier molecular flexibility index (Phi) is 6.73. The van der Waals surface area contributed by atoms with E-state index < -0.39 is 17.7 Å². The summed E-state index contributed by atoms with van der Waals surface area (Å²) >= 11 is 1.21. The lowest BCUT2D eigenvalue weighted by molar-refractivity contribution is -0.132. The summed E-state index contributed by atoms with van der Waals surface area (Å²) in [7, 11) is 0. The second kappa shape index (κ2) is 9.59. The highest BCUT2D eigenvalue weighted by atomic mass is 32.1. The zero-order valence-corrected chi connectivity index (χ0v) is 20.8. The van der Waals surface area contributed by atoms with Gasteiger partial charge in [0.1, 0.15) is 23.1 Å². The molecule has 1 amide bonds. The van der Waals surface area contributed by atoms with Gasteiger partial charge in [0.05, 0.1) is 18.2 Å². The molecule has 0 bridgehead atoms. The standard InChI is InChI=1S/C26H27N3O5S/c1-15-27-28-25(35-15)29-21(16-5-9-18(10-6-16)26(2,3)4)20(23(32)24(29)33)22(31)17-7-11-19(12-8-17)34-14-13-30/h5-12,21,30-31H,13-14H2,1-4H3/b22-20+. The molecular formula is C26H27N3O5S. The van der Waals surface area contributed by atoms with E-state index in [0.717, 1.165) is 5.56 Å². The highest BCUT2D eigenvalue weighted by molar-refractivity contribution is 7.15. The van der Waals surface area contributed by atoms with Gasteiger partial charge in [0.25, 0.3) is 5.78 Å². The van der Waals surface area contributed by atoms with Crippen molar-refractivity contribution in [3.05, 3.63) is 75.8 Å². The van der Waals surface area contributed by atoms with Crippen molar-refractivity contribution in [2.24, 2.45) is 0 Å². The third-order valence-electron chi connectivity index (χ3n) is 5.75. The summed E-state index contributed by atoms with van der Waals surface area (Å²) in [6, 6.07) is 13.3. The number of aromatic nitrogens is 2. The average Bonchev–Trinajstić information content (AvgIpc) is 3.37. The number of hydrogen-bond donors (Lipinski definition) is 2. The van der Waals surface area contributed by atoms with Crippen LogP contribution in [0.3, 0.4) is 0 Å². The molecule has 1 unspecified atom stereocenters. The second-order valence-corrected chi connectivity index (χ2v) is 10.4. The molecule has 2 N–H and O–H groups in total. The van der Waals surface area contributed by atoms with E-state index in [2.05, 4.69) is 31.0 Å². The van der Waals surface area contributed by atoms with E-state index in [1.54, 1.807) is 31.2 Å². The quantitative estimate of drug-likeness (QED) is 0.301. The summed E-state index contributed by atoms with van der Waals surface area (Å²) in [5.41, 5.74) is 2.05. The molecule has 0 saturated carbocycles. The van der Waals surface area contributed by atoms with Gasteiger partial charge in [0.15, 0.2) is 0 Å². The highest BCUT2D eigenvalue weighted by Gasteiger charge is 2.48. The van der Waals surface area contributed by atoms with Crippen molar-refractivity contribution in [3.8, 4) is 5.75 Å². The van der Waals surface area contributed by atoms with Crippen LogP contribution in [0.25, 0.3) is 5.76 Å². The summed E-state index contributed by atoms with van der Waals surface area (Å²) in [6.07, 6.45) is 0. The maximum atomic E-state index is 13.2. The van der Waals surface area contributed by atoms with Crippen LogP contribution >= 0.6 is 11.3 Å². The number of aryl methyl sites for hydroxylation is 1. The summed E-state index contributed by atoms with van der Waals surface area (Å²) in [4.78, 5) is 27.7. The molecule has 0 spiro atoms. The van der Waals surface area contributed by atoms with Crippen molar-refractivity contribution in [2.75, 3.05) is 18.1 Å². The average molecular weight is 494 g/mol. The van der Waals surface area contributed by atoms with Crippen LogP contribution in [0.1, 0.15) is 48.5 Å². The molecule has 0 radical (unpaired) electrons. The predicted octanol–water partition coefficient (Wildman–Crippen LogP) is 4.14. The number of amides is 1. The van der Waals surface area contributed by atoms with E-state index in [1.807, 2.05) is 24.3 Å². The number of ketones is 1. The number of Topliss-reactive ketones (excluding diaryl/α,β-unsaturated/α-hetero) is 1. The third kappa shape index (κ3) is 4.82. The number of benzene rings is 2. The molecule has 8 nitrogen and oxygen atoms in total. The zero-order valence-electron chi connectivity index (χ0n) is 20.0. The molecule has 1 aliphatic heterocycles. The molecule has 9 heteroatoms. The van der Waals surface area contributed by atoms with Crippen LogP contribution in [-0.2, 0) is 15.0 Å². The summed E-state index contributed by atoms with van der Waals surface area (Å²) in [6.45, 7) is 8.10. The lowest BCUT2D eigenvalue weighted by Crippen LogP contribution is -2.29. The van der Waals surface area contributed by atoms with Gasteiger partial charge >= 0.3 is 5.91 Å². The molecule has 2 aromatic carbocycles. The van der Waals surface area contributed by atoms with Gasteiger partial charge in [-0.1, -0.05) is 56.4 Å². The first-order valence-electron chi connectivity index (χ1n) is 11.2. The minimum atomic E-state index is -0.860. The molecule has 4 rings (SSSR count). The molecule has 3 aromatic rings. The molecule has 0 aliphatic carbocycles. The maximum absolute atomic E-state index is 13.2. The topological polar surface area (TPSA) is 113 Å². The molecular weight excluding hydrogens is 466 g/mol. The van der Waals surface area contributed by atoms with Gasteiger partial charge in [-0.25, -0.2) is 0 Å². The van der Waals surface area contributed by atoms with Crippen LogP contribution in [0.2, 0.25) is 0 Å². The van der Waals surface area contributed by atoms with Crippen LogP contribution in [0, 0.1) is 6.92 Å². The minimum absolute atomic E-state index is 0.0182. The van der Waals surface area contributed by atoms with Gasteiger partial charge < -0.3 is 14.9 Å². The fourth-order valence-corrected chi connectivity index (χ4v) is 4.64. The SMILES string of the molecule is Cc1nnc(N2C(=O)C(=O)/C(=C(/O)c3ccc(OCCO)cc3)C2c2ccc(C(C)(C)C)cc2)s1. The Balaban J connectivity index is 1.83. The van der Waals surface area contributed by atoms with Gasteiger partial charge in [-0.15, -0.1) is 10.2 Å². The number of aliphatic hydroxyl groups excluding tert-OH is 2. The van der Waals surface area contributed by atoms with Gasteiger partial charge in [-0.2, -0.15) is 0 Å². The number of aliphatic hydroxyl groups is 2. The smallest absolute Gasteiger partial charge is 0.301 e. The number of nitrogens with zero attached hydrogens (tertiary/aromatic N) is 3. The molecule has 35 heavy (non-hydrogen) atoms. The molecule has 1 aromatic heterocycles. The second-order valence-electron chi connectivity index (χ2n) is 9.24. The number of rotatable bonds is 6. The normalized spacial score (nSPS) is 17.7. The number of ether oxygens (including phenoxy) is 1. The lowest BCUT2D eigenvalue weighted by atomic mass is 9.85. The van der Waals surface area contributed by atoms with Gasteiger partial charge in [0.2, 0.25) is 5.13 Å². The Hall–Kier alpha value is -3.56. The Morgan fingerprint density at radius 1 is 1.06 bits per heavy atom. The van der Waals surface area contributed by atoms with Crippen molar-refractivity contribution in [1.82, 2.24) is 10.2 Å². The van der Waals surface area contributed by atoms with E-state index in [0.29, 0.717) is 27.0 Å². The maximum Gasteiger partial charge on any atom is 0.301 e. The lowest BCUT2D eigenvalue weighted by Gasteiger charge is -2.24. The van der Waals surface area contributed by atoms with E-state index in [4.69, 9.17) is 9.84 Å². The largest absolute Gasteiger partial charge is 0.507 e. The molecule has 1 atom stereocenters. The van der Waals surface area contributed by atoms with E-state index in [-0.39, 0.29) is 30.0 Å². The molecule has 1 aliphatic rings. The predicted molar refractivity (Wildman–Crippen MR) is 134 cm³/mol. The fraction of sp³-hybridized carbons (Fsp3) is 0.308. The third-order valence-corrected chi connectivity index (χ3v) is 6.58. The van der Waals surface area contributed by atoms with Crippen molar-refractivity contribution in [3.63, 3.8) is 0 Å². The van der Waals surface area contributed by atoms with Crippen LogP contribution in [-0.4, -0.2) is 45.3 Å². The zero-order chi connectivity index (χ0) is 25.3. The van der Waals surface area contributed by atoms with E-state index in [9.17, 15) is 14.7 Å². The first kappa shape index (κ1) is 24.6. The van der Waals surface area contributed by atoms with Gasteiger partial charge in [-0.3, -0.25) is 14.5 Å². The van der Waals surface area contributed by atoms with Crippen molar-refractivity contribution in [1.29, 1.82) is 0 Å². The Labute approximate surface area is 207 Å². The number of anilines is 1. The van der Waals surface area contributed by atoms with Crippen LogP contribution in [0.5, 0.6) is 5.75 Å². The Bertz CT molecular complexity index is 1270. The molecule has 2 heterocycles. The van der Waals surface area contributed by atoms with Gasteiger partial charge in [-0.05, 0) is 47.7 Å².